The molecule has 5 nitrogen and oxygen atoms in total. The molecule has 22 heavy (non-hydrogen) atoms. The number of ether oxygens (including phenoxy) is 2. The van der Waals surface area contributed by atoms with Crippen molar-refractivity contribution in [2.45, 2.75) is 31.9 Å². The first-order chi connectivity index (χ1) is 10.8. The van der Waals surface area contributed by atoms with Gasteiger partial charge in [-0.25, -0.2) is 0 Å². The normalized spacial score (nSPS) is 22.6. The summed E-state index contributed by atoms with van der Waals surface area (Å²) in [6, 6.07) is 7.51. The predicted molar refractivity (Wildman–Crippen MR) is 83.9 cm³/mol. The van der Waals surface area contributed by atoms with Crippen molar-refractivity contribution in [3.63, 3.8) is 0 Å². The van der Waals surface area contributed by atoms with Crippen LogP contribution in [0.15, 0.2) is 24.3 Å². The van der Waals surface area contributed by atoms with Gasteiger partial charge in [-0.15, -0.1) is 0 Å². The number of nitrogens with one attached hydrogen (secondary N) is 1. The van der Waals surface area contributed by atoms with Crippen LogP contribution in [0.2, 0.25) is 0 Å². The second-order valence-corrected chi connectivity index (χ2v) is 5.75. The molecule has 3 rings (SSSR count). The van der Waals surface area contributed by atoms with Crippen molar-refractivity contribution < 1.29 is 14.3 Å². The molecule has 5 heteroatoms. The third kappa shape index (κ3) is 3.25. The van der Waals surface area contributed by atoms with Crippen LogP contribution in [0.25, 0.3) is 0 Å². The third-order valence-electron chi connectivity index (χ3n) is 4.34. The number of fused-ring (bicyclic) bond motifs is 1. The van der Waals surface area contributed by atoms with E-state index in [4.69, 9.17) is 9.47 Å². The Labute approximate surface area is 131 Å². The molecule has 0 aliphatic carbocycles. The van der Waals surface area contributed by atoms with E-state index in [-0.39, 0.29) is 11.9 Å². The first kappa shape index (κ1) is 15.3. The van der Waals surface area contributed by atoms with Crippen LogP contribution in [0.5, 0.6) is 5.75 Å². The van der Waals surface area contributed by atoms with Gasteiger partial charge in [0.2, 0.25) is 5.91 Å². The van der Waals surface area contributed by atoms with Gasteiger partial charge < -0.3 is 14.4 Å². The lowest BCUT2D eigenvalue weighted by Crippen LogP contribution is -2.46. The topological polar surface area (TPSA) is 50.8 Å². The summed E-state index contributed by atoms with van der Waals surface area (Å²) in [4.78, 5) is 14.9. The largest absolute Gasteiger partial charge is 0.492 e. The van der Waals surface area contributed by atoms with Crippen LogP contribution in [0.3, 0.4) is 0 Å². The van der Waals surface area contributed by atoms with Crippen molar-refractivity contribution in [3.8, 4) is 5.75 Å². The number of carbonyl (C=O) groups excluding carboxylic acids is 1. The maximum absolute atomic E-state index is 12.9. The summed E-state index contributed by atoms with van der Waals surface area (Å²) < 4.78 is 11.4. The van der Waals surface area contributed by atoms with Crippen LogP contribution in [-0.2, 0) is 9.53 Å². The molecule has 1 N–H and O–H groups in total. The van der Waals surface area contributed by atoms with E-state index in [0.29, 0.717) is 19.3 Å². The number of piperidine rings is 1. The lowest BCUT2D eigenvalue weighted by Gasteiger charge is -2.34. The Hall–Kier alpha value is -1.59. The van der Waals surface area contributed by atoms with Crippen molar-refractivity contribution in [2.24, 2.45) is 0 Å². The van der Waals surface area contributed by atoms with Crippen LogP contribution >= 0.6 is 0 Å². The molecule has 2 aliphatic rings. The highest BCUT2D eigenvalue weighted by Gasteiger charge is 2.31. The molecule has 120 valence electrons. The van der Waals surface area contributed by atoms with Crippen LogP contribution < -0.4 is 10.1 Å². The fraction of sp³-hybridized carbons (Fsp3) is 0.588. The molecule has 0 bridgehead atoms. The number of rotatable bonds is 3. The van der Waals surface area contributed by atoms with Gasteiger partial charge in [-0.05, 0) is 25.8 Å². The Balaban J connectivity index is 1.70. The molecule has 1 atom stereocenters. The Morgan fingerprint density at radius 1 is 1.36 bits per heavy atom. The summed E-state index contributed by atoms with van der Waals surface area (Å²) >= 11 is 0. The number of para-hydroxylation sites is 1. The third-order valence-corrected chi connectivity index (χ3v) is 4.34. The maximum Gasteiger partial charge on any atom is 0.244 e. The standard InChI is InChI=1S/C17H24N2O3/c1-2-21-13-7-10-19(11-8-13)17(20)16-14-5-3-4-6-15(14)22-12-9-18-16/h3-6,13,16,18H,2,7-12H2,1H3. The molecule has 1 saturated heterocycles. The van der Waals surface area contributed by atoms with Gasteiger partial charge in [0.15, 0.2) is 0 Å². The van der Waals surface area contributed by atoms with E-state index < -0.39 is 0 Å². The zero-order valence-corrected chi connectivity index (χ0v) is 13.1. The highest BCUT2D eigenvalue weighted by molar-refractivity contribution is 5.84. The second-order valence-electron chi connectivity index (χ2n) is 5.75. The molecule has 1 unspecified atom stereocenters. The lowest BCUT2D eigenvalue weighted by molar-refractivity contribution is -0.136. The van der Waals surface area contributed by atoms with Crippen molar-refractivity contribution in [1.29, 1.82) is 0 Å². The average Bonchev–Trinajstić information content (AvgIpc) is 2.78. The van der Waals surface area contributed by atoms with Crippen molar-refractivity contribution in [2.75, 3.05) is 32.8 Å². The zero-order valence-electron chi connectivity index (χ0n) is 13.1. The van der Waals surface area contributed by atoms with E-state index >= 15 is 0 Å². The second kappa shape index (κ2) is 7.11. The number of carbonyl (C=O) groups is 1. The molecule has 0 spiro atoms. The molecular formula is C17H24N2O3. The molecule has 1 fully saturated rings. The summed E-state index contributed by atoms with van der Waals surface area (Å²) in [5, 5.41) is 3.32. The summed E-state index contributed by atoms with van der Waals surface area (Å²) in [5.74, 6) is 0.961. The SMILES string of the molecule is CCOC1CCN(C(=O)C2NCCOc3ccccc32)CC1. The average molecular weight is 304 g/mol. The zero-order chi connectivity index (χ0) is 15.4. The minimum absolute atomic E-state index is 0.146. The van der Waals surface area contributed by atoms with E-state index in [2.05, 4.69) is 5.32 Å². The van der Waals surface area contributed by atoms with E-state index in [1.54, 1.807) is 0 Å². The fourth-order valence-corrected chi connectivity index (χ4v) is 3.21. The number of likely N-dealkylation sites (tertiary alicyclic amines) is 1. The number of amides is 1. The van der Waals surface area contributed by atoms with Gasteiger partial charge in [0.25, 0.3) is 0 Å². The molecule has 1 amide bonds. The lowest BCUT2D eigenvalue weighted by atomic mass is 10.0. The molecule has 2 aliphatic heterocycles. The number of hydrogen-bond donors (Lipinski definition) is 1. The smallest absolute Gasteiger partial charge is 0.244 e. The van der Waals surface area contributed by atoms with Gasteiger partial charge >= 0.3 is 0 Å². The Kier molecular flexibility index (Phi) is 4.95. The fourth-order valence-electron chi connectivity index (χ4n) is 3.21. The molecule has 1 aromatic carbocycles. The Morgan fingerprint density at radius 2 is 2.14 bits per heavy atom. The van der Waals surface area contributed by atoms with Gasteiger partial charge in [0, 0.05) is 31.8 Å². The van der Waals surface area contributed by atoms with Crippen LogP contribution in [0.4, 0.5) is 0 Å². The Morgan fingerprint density at radius 3 is 2.91 bits per heavy atom. The Bertz CT molecular complexity index is 512. The van der Waals surface area contributed by atoms with E-state index in [1.807, 2.05) is 36.1 Å². The van der Waals surface area contributed by atoms with Crippen molar-refractivity contribution >= 4 is 5.91 Å². The highest BCUT2D eigenvalue weighted by Crippen LogP contribution is 2.29. The van der Waals surface area contributed by atoms with Crippen LogP contribution in [0, 0.1) is 0 Å². The van der Waals surface area contributed by atoms with Gasteiger partial charge in [-0.3, -0.25) is 10.1 Å². The molecule has 0 aromatic heterocycles. The van der Waals surface area contributed by atoms with E-state index in [0.717, 1.165) is 43.9 Å². The summed E-state index contributed by atoms with van der Waals surface area (Å²) in [5.41, 5.74) is 0.942. The van der Waals surface area contributed by atoms with E-state index in [9.17, 15) is 4.79 Å². The number of nitrogens with zero attached hydrogens (tertiary/aromatic N) is 1. The highest BCUT2D eigenvalue weighted by atomic mass is 16.5. The first-order valence-electron chi connectivity index (χ1n) is 8.15. The summed E-state index contributed by atoms with van der Waals surface area (Å²) in [6.45, 7) is 5.57. The number of hydrogen-bond acceptors (Lipinski definition) is 4. The van der Waals surface area contributed by atoms with Gasteiger partial charge in [-0.1, -0.05) is 18.2 Å². The van der Waals surface area contributed by atoms with Crippen molar-refractivity contribution in [3.05, 3.63) is 29.8 Å². The van der Waals surface area contributed by atoms with Gasteiger partial charge in [0.1, 0.15) is 18.4 Å². The quantitative estimate of drug-likeness (QED) is 0.924. The van der Waals surface area contributed by atoms with Gasteiger partial charge in [0.05, 0.1) is 6.10 Å². The maximum atomic E-state index is 12.9. The van der Waals surface area contributed by atoms with Crippen LogP contribution in [0.1, 0.15) is 31.4 Å². The molecule has 0 radical (unpaired) electrons. The first-order valence-corrected chi connectivity index (χ1v) is 8.15. The van der Waals surface area contributed by atoms with Crippen molar-refractivity contribution in [1.82, 2.24) is 10.2 Å². The summed E-state index contributed by atoms with van der Waals surface area (Å²) in [6.07, 6.45) is 2.14. The predicted octanol–water partition coefficient (Wildman–Crippen LogP) is 1.74. The minimum atomic E-state index is -0.303. The molecular weight excluding hydrogens is 280 g/mol. The van der Waals surface area contributed by atoms with Crippen LogP contribution in [-0.4, -0.2) is 49.8 Å². The molecule has 2 heterocycles. The monoisotopic (exact) mass is 304 g/mol. The van der Waals surface area contributed by atoms with Gasteiger partial charge in [-0.2, -0.15) is 0 Å². The number of benzene rings is 1. The molecule has 1 aromatic rings. The molecule has 0 saturated carbocycles. The minimum Gasteiger partial charge on any atom is -0.492 e. The van der Waals surface area contributed by atoms with E-state index in [1.165, 1.54) is 0 Å². The summed E-state index contributed by atoms with van der Waals surface area (Å²) in [7, 11) is 0.